The van der Waals surface area contributed by atoms with E-state index in [1.54, 1.807) is 23.5 Å². The summed E-state index contributed by atoms with van der Waals surface area (Å²) in [4.78, 5) is 13.1. The van der Waals surface area contributed by atoms with E-state index in [0.717, 1.165) is 18.6 Å². The highest BCUT2D eigenvalue weighted by Gasteiger charge is 2.63. The number of hydrogen-bond donors (Lipinski definition) is 0. The van der Waals surface area contributed by atoms with Crippen LogP contribution in [0, 0.1) is 16.7 Å². The lowest BCUT2D eigenvalue weighted by Crippen LogP contribution is -2.43. The summed E-state index contributed by atoms with van der Waals surface area (Å²) in [6.45, 7) is 11.4. The second-order valence-corrected chi connectivity index (χ2v) is 11.1. The fraction of sp³-hybridized carbons (Fsp3) is 0.842. The van der Waals surface area contributed by atoms with E-state index in [-0.39, 0.29) is 22.9 Å². The molecule has 0 aromatic carbocycles. The number of rotatable bonds is 3. The Bertz CT molecular complexity index is 554. The first kappa shape index (κ1) is 17.7. The van der Waals surface area contributed by atoms with Gasteiger partial charge in [0.15, 0.2) is 4.08 Å². The van der Waals surface area contributed by atoms with Crippen molar-refractivity contribution in [2.75, 3.05) is 12.0 Å². The monoisotopic (exact) mass is 354 g/mol. The molecule has 0 spiro atoms. The van der Waals surface area contributed by atoms with Crippen molar-refractivity contribution in [3.8, 4) is 0 Å². The number of fused-ring (bicyclic) bond motifs is 2. The minimum Gasteiger partial charge on any atom is -0.460 e. The van der Waals surface area contributed by atoms with Gasteiger partial charge in [-0.25, -0.2) is 4.79 Å². The highest BCUT2D eigenvalue weighted by Crippen LogP contribution is 2.66. The van der Waals surface area contributed by atoms with Crippen LogP contribution in [-0.2, 0) is 9.53 Å². The Morgan fingerprint density at radius 1 is 1.26 bits per heavy atom. The standard InChI is InChI=1S/C19H30O2S2/c1-12-10-19(22-6,23-11-13(12)2)16(20)21-15-9-14-7-8-18(15,5)17(14,3)4/h14-15H,7-11H2,1-6H3/t14-,15+,18+,19-/m0/s1. The minimum atomic E-state index is -0.439. The fourth-order valence-corrected chi connectivity index (χ4v) is 7.18. The van der Waals surface area contributed by atoms with E-state index >= 15 is 0 Å². The predicted molar refractivity (Wildman–Crippen MR) is 101 cm³/mol. The van der Waals surface area contributed by atoms with E-state index in [0.29, 0.717) is 5.92 Å². The lowest BCUT2D eigenvalue weighted by Gasteiger charge is -2.41. The van der Waals surface area contributed by atoms with Crippen molar-refractivity contribution in [2.45, 2.75) is 70.5 Å². The molecule has 3 rings (SSSR count). The Hall–Kier alpha value is -0.0900. The van der Waals surface area contributed by atoms with Crippen LogP contribution in [0.4, 0.5) is 0 Å². The summed E-state index contributed by atoms with van der Waals surface area (Å²) in [5.74, 6) is 1.66. The molecular formula is C19H30O2S2. The number of carbonyl (C=O) groups excluding carboxylic acids is 1. The van der Waals surface area contributed by atoms with Crippen LogP contribution in [0.25, 0.3) is 0 Å². The van der Waals surface area contributed by atoms with Gasteiger partial charge in [-0.3, -0.25) is 0 Å². The van der Waals surface area contributed by atoms with Gasteiger partial charge in [-0.05, 0) is 50.7 Å². The second-order valence-electron chi connectivity index (χ2n) is 8.49. The molecule has 2 fully saturated rings. The third-order valence-electron chi connectivity index (χ3n) is 7.35. The lowest BCUT2D eigenvalue weighted by molar-refractivity contribution is -0.157. The highest BCUT2D eigenvalue weighted by molar-refractivity contribution is 8.19. The third-order valence-corrected chi connectivity index (χ3v) is 10.5. The molecule has 3 aliphatic rings. The summed E-state index contributed by atoms with van der Waals surface area (Å²) >= 11 is 3.43. The van der Waals surface area contributed by atoms with Crippen molar-refractivity contribution in [1.29, 1.82) is 0 Å². The van der Waals surface area contributed by atoms with Gasteiger partial charge in [0.1, 0.15) is 6.10 Å². The average molecular weight is 355 g/mol. The Kier molecular flexibility index (Phi) is 4.41. The van der Waals surface area contributed by atoms with Crippen molar-refractivity contribution in [3.63, 3.8) is 0 Å². The molecule has 0 aromatic rings. The summed E-state index contributed by atoms with van der Waals surface area (Å²) in [5.41, 5.74) is 3.21. The van der Waals surface area contributed by atoms with Gasteiger partial charge in [0.2, 0.25) is 0 Å². The first-order valence-electron chi connectivity index (χ1n) is 8.72. The van der Waals surface area contributed by atoms with Gasteiger partial charge in [-0.15, -0.1) is 23.5 Å². The molecule has 130 valence electrons. The lowest BCUT2D eigenvalue weighted by atomic mass is 9.70. The summed E-state index contributed by atoms with van der Waals surface area (Å²) in [7, 11) is 0. The van der Waals surface area contributed by atoms with Gasteiger partial charge in [-0.1, -0.05) is 31.9 Å². The molecule has 0 amide bonds. The van der Waals surface area contributed by atoms with Crippen molar-refractivity contribution in [1.82, 2.24) is 0 Å². The molecular weight excluding hydrogens is 324 g/mol. The molecule has 4 heteroatoms. The Balaban J connectivity index is 1.77. The smallest absolute Gasteiger partial charge is 0.333 e. The summed E-state index contributed by atoms with van der Waals surface area (Å²) in [6.07, 6.45) is 6.51. The van der Waals surface area contributed by atoms with E-state index in [4.69, 9.17) is 4.74 Å². The van der Waals surface area contributed by atoms with Gasteiger partial charge in [0.05, 0.1) is 0 Å². The number of allylic oxidation sites excluding steroid dienone is 1. The Labute approximate surface area is 149 Å². The molecule has 1 heterocycles. The van der Waals surface area contributed by atoms with E-state index in [9.17, 15) is 4.79 Å². The van der Waals surface area contributed by atoms with E-state index in [2.05, 4.69) is 40.9 Å². The number of carbonyl (C=O) groups is 1. The summed E-state index contributed by atoms with van der Waals surface area (Å²) in [6, 6.07) is 0. The number of esters is 1. The third kappa shape index (κ3) is 2.50. The molecule has 2 nitrogen and oxygen atoms in total. The van der Waals surface area contributed by atoms with E-state index in [1.807, 2.05) is 0 Å². The van der Waals surface area contributed by atoms with Crippen molar-refractivity contribution < 1.29 is 9.53 Å². The van der Waals surface area contributed by atoms with Crippen LogP contribution < -0.4 is 0 Å². The quantitative estimate of drug-likeness (QED) is 0.509. The number of ether oxygens (including phenoxy) is 1. The zero-order valence-corrected chi connectivity index (χ0v) is 17.0. The first-order chi connectivity index (χ1) is 10.7. The van der Waals surface area contributed by atoms with Crippen molar-refractivity contribution >= 4 is 29.5 Å². The van der Waals surface area contributed by atoms with Gasteiger partial charge < -0.3 is 4.74 Å². The van der Waals surface area contributed by atoms with Gasteiger partial charge in [0.25, 0.3) is 0 Å². The van der Waals surface area contributed by atoms with Gasteiger partial charge in [0, 0.05) is 17.6 Å². The molecule has 23 heavy (non-hydrogen) atoms. The van der Waals surface area contributed by atoms with Crippen LogP contribution in [0.2, 0.25) is 0 Å². The fourth-order valence-electron chi connectivity index (χ4n) is 4.77. The van der Waals surface area contributed by atoms with Crippen LogP contribution >= 0.6 is 23.5 Å². The molecule has 2 bridgehead atoms. The molecule has 2 saturated carbocycles. The largest absolute Gasteiger partial charge is 0.460 e. The summed E-state index contributed by atoms with van der Waals surface area (Å²) < 4.78 is 5.76. The number of thioether (sulfide) groups is 2. The summed E-state index contributed by atoms with van der Waals surface area (Å²) in [5, 5.41) is 0. The molecule has 0 radical (unpaired) electrons. The Morgan fingerprint density at radius 3 is 2.43 bits per heavy atom. The first-order valence-corrected chi connectivity index (χ1v) is 10.9. The van der Waals surface area contributed by atoms with Crippen LogP contribution in [0.15, 0.2) is 11.1 Å². The van der Waals surface area contributed by atoms with Crippen LogP contribution in [0.5, 0.6) is 0 Å². The Morgan fingerprint density at radius 2 is 1.96 bits per heavy atom. The van der Waals surface area contributed by atoms with Crippen LogP contribution in [0.1, 0.15) is 60.3 Å². The van der Waals surface area contributed by atoms with Crippen LogP contribution in [0.3, 0.4) is 0 Å². The predicted octanol–water partition coefficient (Wildman–Crippen LogP) is 5.28. The average Bonchev–Trinajstić information content (AvgIpc) is 2.83. The molecule has 4 atom stereocenters. The highest BCUT2D eigenvalue weighted by atomic mass is 32.2. The van der Waals surface area contributed by atoms with E-state index in [1.165, 1.54) is 24.0 Å². The molecule has 0 aromatic heterocycles. The maximum absolute atomic E-state index is 13.1. The molecule has 0 saturated heterocycles. The zero-order chi connectivity index (χ0) is 17.0. The van der Waals surface area contributed by atoms with Crippen molar-refractivity contribution in [3.05, 3.63) is 11.1 Å². The molecule has 0 unspecified atom stereocenters. The zero-order valence-electron chi connectivity index (χ0n) is 15.3. The van der Waals surface area contributed by atoms with Crippen LogP contribution in [-0.4, -0.2) is 28.2 Å². The second kappa shape index (κ2) is 5.72. The van der Waals surface area contributed by atoms with Crippen molar-refractivity contribution in [2.24, 2.45) is 16.7 Å². The molecule has 2 aliphatic carbocycles. The molecule has 0 N–H and O–H groups in total. The minimum absolute atomic E-state index is 0.0106. The normalized spacial score (nSPS) is 42.2. The van der Waals surface area contributed by atoms with Gasteiger partial charge in [-0.2, -0.15) is 0 Å². The maximum Gasteiger partial charge on any atom is 0.333 e. The van der Waals surface area contributed by atoms with E-state index < -0.39 is 4.08 Å². The SMILES string of the molecule is CS[C@@]1(C(=O)O[C@@H]2C[C@@H]3CC[C@@]2(C)C3(C)C)CC(C)=C(C)CS1. The molecule has 1 aliphatic heterocycles. The topological polar surface area (TPSA) is 26.3 Å². The number of hydrogen-bond acceptors (Lipinski definition) is 4. The maximum atomic E-state index is 13.1. The van der Waals surface area contributed by atoms with Gasteiger partial charge >= 0.3 is 5.97 Å².